The zero-order chi connectivity index (χ0) is 11.0. The molecular formula is C11H24O2Si. The van der Waals surface area contributed by atoms with Crippen molar-refractivity contribution in [3.05, 3.63) is 0 Å². The van der Waals surface area contributed by atoms with Crippen molar-refractivity contribution in [3.8, 4) is 0 Å². The largest absolute Gasteiger partial charge is 0.417 e. The van der Waals surface area contributed by atoms with E-state index in [4.69, 9.17) is 4.43 Å². The number of rotatable bonds is 8. The number of hydrogen-bond acceptors (Lipinski definition) is 2. The maximum absolute atomic E-state index is 11.0. The van der Waals surface area contributed by atoms with Crippen molar-refractivity contribution in [1.29, 1.82) is 0 Å². The van der Waals surface area contributed by atoms with E-state index in [1.807, 2.05) is 6.92 Å². The van der Waals surface area contributed by atoms with Gasteiger partial charge in [0.15, 0.2) is 8.32 Å². The van der Waals surface area contributed by atoms with Crippen molar-refractivity contribution in [3.63, 3.8) is 0 Å². The summed E-state index contributed by atoms with van der Waals surface area (Å²) >= 11 is 0. The predicted octanol–water partition coefficient (Wildman–Crippen LogP) is 3.38. The van der Waals surface area contributed by atoms with Gasteiger partial charge < -0.3 is 4.43 Å². The summed E-state index contributed by atoms with van der Waals surface area (Å²) in [6.45, 7) is 9.37. The van der Waals surface area contributed by atoms with E-state index >= 15 is 0 Å². The first-order valence-corrected chi connectivity index (χ1v) is 8.79. The minimum absolute atomic E-state index is 0.351. The van der Waals surface area contributed by atoms with Crippen molar-refractivity contribution >= 4 is 14.1 Å². The Labute approximate surface area is 89.2 Å². The van der Waals surface area contributed by atoms with Crippen LogP contribution in [0.2, 0.25) is 19.1 Å². The molecule has 0 unspecified atom stereocenters. The molecule has 0 amide bonds. The minimum Gasteiger partial charge on any atom is -0.417 e. The van der Waals surface area contributed by atoms with Crippen LogP contribution in [-0.2, 0) is 9.22 Å². The number of carbonyl (C=O) groups excluding carboxylic acids is 1. The molecule has 2 nitrogen and oxygen atoms in total. The van der Waals surface area contributed by atoms with Gasteiger partial charge in [-0.05, 0) is 25.6 Å². The highest BCUT2D eigenvalue weighted by atomic mass is 28.4. The Morgan fingerprint density at radius 1 is 1.29 bits per heavy atom. The van der Waals surface area contributed by atoms with Crippen LogP contribution in [0.3, 0.4) is 0 Å². The highest BCUT2D eigenvalue weighted by Crippen LogP contribution is 2.13. The van der Waals surface area contributed by atoms with Gasteiger partial charge >= 0.3 is 0 Å². The molecule has 0 fully saturated rings. The molecule has 0 atom stereocenters. The molecule has 0 saturated carbocycles. The second kappa shape index (κ2) is 7.18. The summed E-state index contributed by atoms with van der Waals surface area (Å²) in [4.78, 5) is 11.0. The highest BCUT2D eigenvalue weighted by molar-refractivity contribution is 6.71. The summed E-state index contributed by atoms with van der Waals surface area (Å²) in [5.41, 5.74) is 0. The Balaban J connectivity index is 3.48. The lowest BCUT2D eigenvalue weighted by molar-refractivity contribution is -0.119. The van der Waals surface area contributed by atoms with Crippen LogP contribution in [0.5, 0.6) is 0 Å². The second-order valence-corrected chi connectivity index (χ2v) is 8.66. The quantitative estimate of drug-likeness (QED) is 0.459. The van der Waals surface area contributed by atoms with Gasteiger partial charge in [-0.3, -0.25) is 4.79 Å². The third kappa shape index (κ3) is 7.27. The first-order valence-electron chi connectivity index (χ1n) is 5.67. The van der Waals surface area contributed by atoms with Crippen molar-refractivity contribution in [2.75, 3.05) is 6.61 Å². The lowest BCUT2D eigenvalue weighted by Crippen LogP contribution is -2.30. The second-order valence-electron chi connectivity index (χ2n) is 4.35. The van der Waals surface area contributed by atoms with Crippen molar-refractivity contribution in [2.24, 2.45) is 0 Å². The van der Waals surface area contributed by atoms with Crippen LogP contribution in [0, 0.1) is 0 Å². The lowest BCUT2D eigenvalue weighted by Gasteiger charge is -2.21. The minimum atomic E-state index is -1.40. The van der Waals surface area contributed by atoms with E-state index < -0.39 is 8.32 Å². The SMILES string of the molecule is CCC[Si](C)(C)OCCCC(=O)CC. The normalized spacial score (nSPS) is 11.7. The summed E-state index contributed by atoms with van der Waals surface area (Å²) in [5.74, 6) is 0.351. The molecular weight excluding hydrogens is 192 g/mol. The molecule has 14 heavy (non-hydrogen) atoms. The van der Waals surface area contributed by atoms with Crippen molar-refractivity contribution in [2.45, 2.75) is 58.7 Å². The number of carbonyl (C=O) groups is 1. The fraction of sp³-hybridized carbons (Fsp3) is 0.909. The molecule has 84 valence electrons. The van der Waals surface area contributed by atoms with Crippen LogP contribution in [0.25, 0.3) is 0 Å². The molecule has 0 bridgehead atoms. The molecule has 0 heterocycles. The van der Waals surface area contributed by atoms with Gasteiger partial charge in [-0.25, -0.2) is 0 Å². The maximum atomic E-state index is 11.0. The van der Waals surface area contributed by atoms with Gasteiger partial charge in [0.05, 0.1) is 0 Å². The molecule has 0 rings (SSSR count). The van der Waals surface area contributed by atoms with Gasteiger partial charge in [0.25, 0.3) is 0 Å². The van der Waals surface area contributed by atoms with Crippen molar-refractivity contribution < 1.29 is 9.22 Å². The maximum Gasteiger partial charge on any atom is 0.186 e. The summed E-state index contributed by atoms with van der Waals surface area (Å²) < 4.78 is 5.85. The van der Waals surface area contributed by atoms with Gasteiger partial charge in [0, 0.05) is 19.4 Å². The zero-order valence-electron chi connectivity index (χ0n) is 10.1. The average molecular weight is 216 g/mol. The van der Waals surface area contributed by atoms with E-state index in [1.54, 1.807) is 0 Å². The molecule has 0 aromatic carbocycles. The van der Waals surface area contributed by atoms with Gasteiger partial charge in [-0.1, -0.05) is 20.3 Å². The molecule has 0 spiro atoms. The fourth-order valence-corrected chi connectivity index (χ4v) is 3.51. The number of ketones is 1. The van der Waals surface area contributed by atoms with E-state index in [2.05, 4.69) is 20.0 Å². The monoisotopic (exact) mass is 216 g/mol. The molecule has 0 N–H and O–H groups in total. The molecule has 0 aromatic heterocycles. The van der Waals surface area contributed by atoms with Gasteiger partial charge in [0.2, 0.25) is 0 Å². The Morgan fingerprint density at radius 3 is 2.43 bits per heavy atom. The van der Waals surface area contributed by atoms with Crippen LogP contribution in [-0.4, -0.2) is 20.7 Å². The average Bonchev–Trinajstić information content (AvgIpc) is 2.12. The summed E-state index contributed by atoms with van der Waals surface area (Å²) in [7, 11) is -1.40. The molecule has 0 aromatic rings. The zero-order valence-corrected chi connectivity index (χ0v) is 11.1. The third-order valence-electron chi connectivity index (χ3n) is 2.34. The first kappa shape index (κ1) is 13.8. The van der Waals surface area contributed by atoms with Crippen LogP contribution in [0.1, 0.15) is 39.5 Å². The van der Waals surface area contributed by atoms with E-state index in [0.29, 0.717) is 18.6 Å². The van der Waals surface area contributed by atoms with Gasteiger partial charge in [0.1, 0.15) is 5.78 Å². The van der Waals surface area contributed by atoms with Crippen LogP contribution < -0.4 is 0 Å². The molecule has 3 heteroatoms. The Bertz CT molecular complexity index is 167. The van der Waals surface area contributed by atoms with E-state index in [-0.39, 0.29) is 0 Å². The lowest BCUT2D eigenvalue weighted by atomic mass is 10.2. The summed E-state index contributed by atoms with van der Waals surface area (Å²) in [5, 5.41) is 0. The van der Waals surface area contributed by atoms with Gasteiger partial charge in [-0.2, -0.15) is 0 Å². The smallest absolute Gasteiger partial charge is 0.186 e. The van der Waals surface area contributed by atoms with Gasteiger partial charge in [-0.15, -0.1) is 0 Å². The van der Waals surface area contributed by atoms with E-state index in [1.165, 1.54) is 12.5 Å². The Morgan fingerprint density at radius 2 is 1.93 bits per heavy atom. The Kier molecular flexibility index (Phi) is 7.10. The molecule has 0 saturated heterocycles. The van der Waals surface area contributed by atoms with Crippen molar-refractivity contribution in [1.82, 2.24) is 0 Å². The fourth-order valence-electron chi connectivity index (χ4n) is 1.47. The topological polar surface area (TPSA) is 26.3 Å². The summed E-state index contributed by atoms with van der Waals surface area (Å²) in [6, 6.07) is 1.22. The van der Waals surface area contributed by atoms with Crippen LogP contribution in [0.15, 0.2) is 0 Å². The highest BCUT2D eigenvalue weighted by Gasteiger charge is 2.20. The predicted molar refractivity (Wildman–Crippen MR) is 63.1 cm³/mol. The number of Topliss-reactive ketones (excluding diaryl/α,β-unsaturated/α-hetero) is 1. The summed E-state index contributed by atoms with van der Waals surface area (Å²) in [6.07, 6.45) is 3.45. The molecule has 0 aliphatic carbocycles. The van der Waals surface area contributed by atoms with Crippen LogP contribution >= 0.6 is 0 Å². The molecule has 0 aliphatic heterocycles. The Hall–Kier alpha value is -0.153. The van der Waals surface area contributed by atoms with E-state index in [9.17, 15) is 4.79 Å². The number of hydrogen-bond donors (Lipinski definition) is 0. The standard InChI is InChI=1S/C11H24O2Si/c1-5-10-14(3,4)13-9-7-8-11(12)6-2/h5-10H2,1-4H3. The molecule has 0 radical (unpaired) electrons. The van der Waals surface area contributed by atoms with E-state index in [0.717, 1.165) is 13.0 Å². The molecule has 0 aliphatic rings. The third-order valence-corrected chi connectivity index (χ3v) is 5.03. The van der Waals surface area contributed by atoms with Crippen LogP contribution in [0.4, 0.5) is 0 Å². The first-order chi connectivity index (χ1) is 6.52.